The van der Waals surface area contributed by atoms with Gasteiger partial charge in [0.15, 0.2) is 16.3 Å². The molecule has 1 aliphatic rings. The summed E-state index contributed by atoms with van der Waals surface area (Å²) in [4.78, 5) is 31.9. The van der Waals surface area contributed by atoms with Crippen molar-refractivity contribution in [1.29, 1.82) is 0 Å². The van der Waals surface area contributed by atoms with Gasteiger partial charge in [-0.15, -0.1) is 0 Å². The van der Waals surface area contributed by atoms with Crippen LogP contribution in [0.15, 0.2) is 57.5 Å². The molecule has 0 amide bonds. The first-order valence-electron chi connectivity index (χ1n) is 11.3. The number of benzene rings is 2. The fraction of sp³-hybridized carbons (Fsp3) is 0.269. The normalized spacial score (nSPS) is 15.4. The van der Waals surface area contributed by atoms with Crippen LogP contribution < -0.4 is 24.4 Å². The number of ether oxygens (including phenoxy) is 3. The number of phenolic OH excluding ortho intramolecular Hbond substituents is 1. The Bertz CT molecular complexity index is 1540. The topological polar surface area (TPSA) is 99.4 Å². The number of rotatable bonds is 7. The minimum Gasteiger partial charge on any atom is -0.507 e. The van der Waals surface area contributed by atoms with Crippen molar-refractivity contribution < 1.29 is 24.1 Å². The molecule has 0 saturated carbocycles. The van der Waals surface area contributed by atoms with Gasteiger partial charge in [0.1, 0.15) is 11.8 Å². The van der Waals surface area contributed by atoms with Crippen molar-refractivity contribution in [2.75, 3.05) is 20.3 Å². The van der Waals surface area contributed by atoms with Crippen molar-refractivity contribution in [3.05, 3.63) is 83.5 Å². The second kappa shape index (κ2) is 10.6. The molecule has 0 fully saturated rings. The fourth-order valence-electron chi connectivity index (χ4n) is 4.08. The van der Waals surface area contributed by atoms with Gasteiger partial charge in [-0.1, -0.05) is 35.1 Å². The molecule has 1 atom stereocenters. The monoisotopic (exact) mass is 528 g/mol. The number of phenols is 1. The smallest absolute Gasteiger partial charge is 0.338 e. The molecule has 2 heterocycles. The van der Waals surface area contributed by atoms with Crippen molar-refractivity contribution in [3.63, 3.8) is 0 Å². The second-order valence-electron chi connectivity index (χ2n) is 7.82. The lowest BCUT2D eigenvalue weighted by Gasteiger charge is -2.26. The molecule has 10 heteroatoms. The van der Waals surface area contributed by atoms with E-state index < -0.39 is 12.0 Å². The maximum atomic E-state index is 13.8. The van der Waals surface area contributed by atoms with E-state index in [1.54, 1.807) is 50.3 Å². The van der Waals surface area contributed by atoms with Gasteiger partial charge in [-0.2, -0.15) is 0 Å². The van der Waals surface area contributed by atoms with Gasteiger partial charge in [-0.3, -0.25) is 9.36 Å². The summed E-state index contributed by atoms with van der Waals surface area (Å²) in [5.41, 5.74) is 1.23. The van der Waals surface area contributed by atoms with Crippen molar-refractivity contribution in [2.45, 2.75) is 26.8 Å². The number of carbonyl (C=O) groups excluding carboxylic acids is 1. The molecular formula is C26H25ClN2O6S. The number of para-hydroxylation sites is 1. The molecule has 4 rings (SSSR count). The highest BCUT2D eigenvalue weighted by Gasteiger charge is 2.36. The number of thiazole rings is 1. The number of allylic oxidation sites excluding steroid dienone is 1. The molecule has 2 aromatic carbocycles. The molecule has 0 radical (unpaired) electrons. The Hall–Kier alpha value is -3.56. The predicted octanol–water partition coefficient (Wildman–Crippen LogP) is 3.56. The molecule has 1 aliphatic heterocycles. The molecule has 36 heavy (non-hydrogen) atoms. The summed E-state index contributed by atoms with van der Waals surface area (Å²) in [6.45, 7) is 5.77. The van der Waals surface area contributed by atoms with Crippen LogP contribution in [-0.2, 0) is 9.53 Å². The molecule has 188 valence electrons. The van der Waals surface area contributed by atoms with E-state index in [2.05, 4.69) is 4.99 Å². The van der Waals surface area contributed by atoms with Crippen molar-refractivity contribution in [3.8, 4) is 17.2 Å². The van der Waals surface area contributed by atoms with Crippen LogP contribution in [0, 0.1) is 0 Å². The Kier molecular flexibility index (Phi) is 7.51. The van der Waals surface area contributed by atoms with Crippen LogP contribution in [-0.4, -0.2) is 36.0 Å². The predicted molar refractivity (Wildman–Crippen MR) is 138 cm³/mol. The lowest BCUT2D eigenvalue weighted by Crippen LogP contribution is -2.40. The largest absolute Gasteiger partial charge is 0.507 e. The van der Waals surface area contributed by atoms with E-state index >= 15 is 0 Å². The zero-order valence-electron chi connectivity index (χ0n) is 20.2. The molecular weight excluding hydrogens is 504 g/mol. The van der Waals surface area contributed by atoms with Gasteiger partial charge in [-0.05, 0) is 51.1 Å². The summed E-state index contributed by atoms with van der Waals surface area (Å²) in [5, 5.41) is 10.7. The third-order valence-corrected chi connectivity index (χ3v) is 6.82. The van der Waals surface area contributed by atoms with Crippen molar-refractivity contribution in [2.24, 2.45) is 4.99 Å². The maximum Gasteiger partial charge on any atom is 0.338 e. The number of fused-ring (bicyclic) bond motifs is 1. The summed E-state index contributed by atoms with van der Waals surface area (Å²) < 4.78 is 18.6. The first-order chi connectivity index (χ1) is 17.3. The highest BCUT2D eigenvalue weighted by Crippen LogP contribution is 2.40. The Labute approximate surface area is 216 Å². The second-order valence-corrected chi connectivity index (χ2v) is 9.26. The van der Waals surface area contributed by atoms with Gasteiger partial charge in [0.2, 0.25) is 0 Å². The van der Waals surface area contributed by atoms with Gasteiger partial charge >= 0.3 is 5.97 Å². The lowest BCUT2D eigenvalue weighted by molar-refractivity contribution is -0.139. The van der Waals surface area contributed by atoms with Gasteiger partial charge in [0, 0.05) is 16.1 Å². The Morgan fingerprint density at radius 2 is 2.03 bits per heavy atom. The lowest BCUT2D eigenvalue weighted by atomic mass is 9.94. The molecule has 1 aromatic heterocycles. The van der Waals surface area contributed by atoms with E-state index in [9.17, 15) is 14.7 Å². The molecule has 0 saturated heterocycles. The van der Waals surface area contributed by atoms with Gasteiger partial charge in [-0.25, -0.2) is 9.79 Å². The van der Waals surface area contributed by atoms with Crippen LogP contribution in [0.1, 0.15) is 37.9 Å². The quantitative estimate of drug-likeness (QED) is 0.471. The average Bonchev–Trinajstić information content (AvgIpc) is 3.15. The third-order valence-electron chi connectivity index (χ3n) is 5.61. The number of nitrogens with zero attached hydrogens (tertiary/aromatic N) is 2. The third kappa shape index (κ3) is 4.64. The minimum absolute atomic E-state index is 0.0170. The number of carbonyl (C=O) groups is 1. The minimum atomic E-state index is -0.868. The van der Waals surface area contributed by atoms with Crippen LogP contribution in [0.25, 0.3) is 6.08 Å². The maximum absolute atomic E-state index is 13.8. The van der Waals surface area contributed by atoms with E-state index in [4.69, 9.17) is 25.8 Å². The Balaban J connectivity index is 2.04. The SMILES string of the molecule is CCOC(=O)C1=C(C)N=c2s/c(=C/c3cc(Cl)ccc3O)c(=O)n2[C@@H]1c1cccc(OC)c1OCC. The summed E-state index contributed by atoms with van der Waals surface area (Å²) in [6.07, 6.45) is 1.56. The van der Waals surface area contributed by atoms with Crippen LogP contribution >= 0.6 is 22.9 Å². The molecule has 0 bridgehead atoms. The van der Waals surface area contributed by atoms with Gasteiger partial charge < -0.3 is 19.3 Å². The molecule has 3 aromatic rings. The molecule has 0 aliphatic carbocycles. The fourth-order valence-corrected chi connectivity index (χ4v) is 5.29. The summed E-state index contributed by atoms with van der Waals surface area (Å²) in [7, 11) is 1.53. The number of hydrogen-bond donors (Lipinski definition) is 1. The first-order valence-corrected chi connectivity index (χ1v) is 12.5. The van der Waals surface area contributed by atoms with Crippen molar-refractivity contribution >= 4 is 35.0 Å². The first kappa shape index (κ1) is 25.5. The van der Waals surface area contributed by atoms with Crippen molar-refractivity contribution in [1.82, 2.24) is 4.57 Å². The number of hydrogen-bond acceptors (Lipinski definition) is 8. The number of methoxy groups -OCH3 is 1. The van der Waals surface area contributed by atoms with E-state index in [0.29, 0.717) is 49.3 Å². The number of esters is 1. The van der Waals surface area contributed by atoms with Crippen LogP contribution in [0.3, 0.4) is 0 Å². The molecule has 0 spiro atoms. The summed E-state index contributed by atoms with van der Waals surface area (Å²) in [5.74, 6) is 0.302. The number of halogens is 1. The Morgan fingerprint density at radius 1 is 1.25 bits per heavy atom. The number of aromatic nitrogens is 1. The Morgan fingerprint density at radius 3 is 2.72 bits per heavy atom. The zero-order valence-corrected chi connectivity index (χ0v) is 21.8. The van der Waals surface area contributed by atoms with Crippen LogP contribution in [0.2, 0.25) is 5.02 Å². The standard InChI is InChI=1S/C26H25ClN2O6S/c1-5-34-23-17(8-7-9-19(23)33-4)22-21(25(32)35-6-2)14(3)28-26-29(22)24(31)20(36-26)13-15-12-16(27)10-11-18(15)30/h7-13,22,30H,5-6H2,1-4H3/b20-13+/t22-/m1/s1. The van der Waals surface area contributed by atoms with E-state index in [1.807, 2.05) is 6.92 Å². The highest BCUT2D eigenvalue weighted by atomic mass is 35.5. The highest BCUT2D eigenvalue weighted by molar-refractivity contribution is 7.07. The van der Waals surface area contributed by atoms with Crippen LogP contribution in [0.5, 0.6) is 17.2 Å². The number of aromatic hydroxyl groups is 1. The molecule has 8 nitrogen and oxygen atoms in total. The zero-order chi connectivity index (χ0) is 26.0. The van der Waals surface area contributed by atoms with E-state index in [1.165, 1.54) is 17.7 Å². The molecule has 0 unspecified atom stereocenters. The summed E-state index contributed by atoms with van der Waals surface area (Å²) >= 11 is 7.24. The average molecular weight is 529 g/mol. The van der Waals surface area contributed by atoms with Crippen LogP contribution in [0.4, 0.5) is 0 Å². The van der Waals surface area contributed by atoms with E-state index in [0.717, 1.165) is 11.3 Å². The van der Waals surface area contributed by atoms with E-state index in [-0.39, 0.29) is 23.5 Å². The summed E-state index contributed by atoms with van der Waals surface area (Å²) in [6, 6.07) is 9.03. The molecule has 1 N–H and O–H groups in total. The van der Waals surface area contributed by atoms with Gasteiger partial charge in [0.25, 0.3) is 5.56 Å². The van der Waals surface area contributed by atoms with Gasteiger partial charge in [0.05, 0.1) is 36.1 Å².